The summed E-state index contributed by atoms with van der Waals surface area (Å²) < 4.78 is 17.0. The number of unbranched alkanes of at least 4 members (excludes halogenated alkanes) is 10. The Bertz CT molecular complexity index is 373. The predicted molar refractivity (Wildman–Crippen MR) is 111 cm³/mol. The van der Waals surface area contributed by atoms with Crippen molar-refractivity contribution >= 4 is 7.82 Å². The van der Waals surface area contributed by atoms with Crippen LogP contribution in [0.5, 0.6) is 0 Å². The molecule has 0 spiro atoms. The van der Waals surface area contributed by atoms with Gasteiger partial charge in [-0.2, -0.15) is 0 Å². The highest BCUT2D eigenvalue weighted by Crippen LogP contribution is 2.47. The van der Waals surface area contributed by atoms with E-state index < -0.39 is 13.4 Å². The number of allylic oxidation sites excluding steroid dienone is 1. The van der Waals surface area contributed by atoms with Crippen LogP contribution in [-0.4, -0.2) is 15.4 Å². The van der Waals surface area contributed by atoms with E-state index in [-0.39, 0.29) is 0 Å². The molecule has 0 aromatic carbocycles. The lowest BCUT2D eigenvalue weighted by atomic mass is 9.86. The van der Waals surface area contributed by atoms with Crippen LogP contribution in [0.1, 0.15) is 117 Å². The minimum Gasteiger partial charge on any atom is -0.303 e. The van der Waals surface area contributed by atoms with Gasteiger partial charge in [0.2, 0.25) is 0 Å². The van der Waals surface area contributed by atoms with Crippen molar-refractivity contribution in [2.24, 2.45) is 0 Å². The van der Waals surface area contributed by atoms with Gasteiger partial charge in [-0.3, -0.25) is 4.52 Å². The lowest BCUT2D eigenvalue weighted by Crippen LogP contribution is -2.31. The van der Waals surface area contributed by atoms with Crippen molar-refractivity contribution < 1.29 is 18.9 Å². The first-order chi connectivity index (χ1) is 12.4. The molecule has 0 bridgehead atoms. The summed E-state index contributed by atoms with van der Waals surface area (Å²) in [6.07, 6.45) is 20.0. The quantitative estimate of drug-likeness (QED) is 0.146. The molecule has 0 amide bonds. The molecule has 4 nitrogen and oxygen atoms in total. The molecular formula is C21H43O4P. The van der Waals surface area contributed by atoms with Gasteiger partial charge >= 0.3 is 7.82 Å². The molecule has 0 atom stereocenters. The molecule has 0 rings (SSSR count). The van der Waals surface area contributed by atoms with Gasteiger partial charge in [-0.25, -0.2) is 4.57 Å². The molecule has 0 aliphatic rings. The van der Waals surface area contributed by atoms with E-state index in [0.29, 0.717) is 6.42 Å². The van der Waals surface area contributed by atoms with Crippen molar-refractivity contribution in [2.45, 2.75) is 123 Å². The number of phosphoric acid groups is 1. The fraction of sp³-hybridized carbons (Fsp3) is 0.905. The van der Waals surface area contributed by atoms with Gasteiger partial charge in [0.15, 0.2) is 0 Å². The summed E-state index contributed by atoms with van der Waals surface area (Å²) in [4.78, 5) is 18.9. The number of rotatable bonds is 18. The second-order valence-corrected chi connectivity index (χ2v) is 8.74. The van der Waals surface area contributed by atoms with Crippen molar-refractivity contribution in [1.29, 1.82) is 0 Å². The lowest BCUT2D eigenvalue weighted by Gasteiger charge is -2.33. The second-order valence-electron chi connectivity index (χ2n) is 7.57. The Morgan fingerprint density at radius 1 is 0.808 bits per heavy atom. The Labute approximate surface area is 162 Å². The van der Waals surface area contributed by atoms with Crippen molar-refractivity contribution in [3.05, 3.63) is 12.2 Å². The molecule has 0 fully saturated rings. The summed E-state index contributed by atoms with van der Waals surface area (Å²) in [5.74, 6) is 0. The standard InChI is InChI=1S/C21H43O4P/c1-4-7-10-12-14-16-19-21(18-9-6-3,25-26(22,23)24)20-17-15-13-11-8-5-2/h6,9H,4-5,7-8,10-20H2,1-3H3,(H2,22,23,24). The summed E-state index contributed by atoms with van der Waals surface area (Å²) in [5, 5.41) is 0. The average molecular weight is 391 g/mol. The molecule has 0 aromatic rings. The molecule has 0 aromatic heterocycles. The fourth-order valence-corrected chi connectivity index (χ4v) is 4.26. The third-order valence-electron chi connectivity index (χ3n) is 5.01. The Kier molecular flexibility index (Phi) is 15.8. The molecule has 26 heavy (non-hydrogen) atoms. The zero-order chi connectivity index (χ0) is 19.7. The van der Waals surface area contributed by atoms with Crippen LogP contribution < -0.4 is 0 Å². The first-order valence-electron chi connectivity index (χ1n) is 10.8. The molecule has 0 saturated heterocycles. The van der Waals surface area contributed by atoms with Gasteiger partial charge < -0.3 is 9.79 Å². The van der Waals surface area contributed by atoms with Crippen molar-refractivity contribution in [3.8, 4) is 0 Å². The third kappa shape index (κ3) is 15.0. The maximum Gasteiger partial charge on any atom is 0.470 e. The van der Waals surface area contributed by atoms with Crippen LogP contribution in [0.25, 0.3) is 0 Å². The molecule has 0 heterocycles. The minimum atomic E-state index is -4.49. The molecule has 0 saturated carbocycles. The van der Waals surface area contributed by atoms with Gasteiger partial charge in [-0.05, 0) is 26.2 Å². The molecule has 0 unspecified atom stereocenters. The monoisotopic (exact) mass is 390 g/mol. The summed E-state index contributed by atoms with van der Waals surface area (Å²) in [6.45, 7) is 6.35. The Morgan fingerprint density at radius 2 is 1.23 bits per heavy atom. The van der Waals surface area contributed by atoms with E-state index in [1.54, 1.807) is 0 Å². The van der Waals surface area contributed by atoms with Crippen LogP contribution in [0.2, 0.25) is 0 Å². The zero-order valence-corrected chi connectivity index (χ0v) is 18.3. The van der Waals surface area contributed by atoms with E-state index >= 15 is 0 Å². The highest BCUT2D eigenvalue weighted by atomic mass is 31.2. The normalized spacial score (nSPS) is 13.0. The summed E-state index contributed by atoms with van der Waals surface area (Å²) in [6, 6.07) is 0. The Hall–Kier alpha value is -0.150. The first kappa shape index (κ1) is 25.9. The SMILES string of the molecule is CC=CCC(CCCCCCCC)(CCCCCCCC)OP(=O)(O)O. The maximum absolute atomic E-state index is 11.6. The van der Waals surface area contributed by atoms with Crippen molar-refractivity contribution in [3.63, 3.8) is 0 Å². The molecule has 156 valence electrons. The van der Waals surface area contributed by atoms with E-state index in [2.05, 4.69) is 13.8 Å². The van der Waals surface area contributed by atoms with Crippen LogP contribution in [0.15, 0.2) is 12.2 Å². The average Bonchev–Trinajstić information content (AvgIpc) is 2.58. The molecule has 5 heteroatoms. The highest BCUT2D eigenvalue weighted by Gasteiger charge is 2.36. The molecule has 0 aliphatic heterocycles. The van der Waals surface area contributed by atoms with E-state index in [1.807, 2.05) is 19.1 Å². The van der Waals surface area contributed by atoms with Crippen molar-refractivity contribution in [2.75, 3.05) is 0 Å². The van der Waals surface area contributed by atoms with Gasteiger partial charge in [0.25, 0.3) is 0 Å². The lowest BCUT2D eigenvalue weighted by molar-refractivity contribution is 0.0168. The molecular weight excluding hydrogens is 347 g/mol. The second kappa shape index (κ2) is 15.9. The first-order valence-corrected chi connectivity index (χ1v) is 12.3. The van der Waals surface area contributed by atoms with Crippen LogP contribution in [-0.2, 0) is 9.09 Å². The van der Waals surface area contributed by atoms with Crippen LogP contribution >= 0.6 is 7.82 Å². The summed E-state index contributed by atoms with van der Waals surface area (Å²) in [5.41, 5.74) is -0.721. The minimum absolute atomic E-state index is 0.582. The van der Waals surface area contributed by atoms with Gasteiger partial charge in [-0.15, -0.1) is 0 Å². The summed E-state index contributed by atoms with van der Waals surface area (Å²) in [7, 11) is -4.49. The van der Waals surface area contributed by atoms with Crippen LogP contribution in [0.4, 0.5) is 0 Å². The van der Waals surface area contributed by atoms with Crippen LogP contribution in [0.3, 0.4) is 0 Å². The van der Waals surface area contributed by atoms with E-state index in [1.165, 1.54) is 51.4 Å². The van der Waals surface area contributed by atoms with Gasteiger partial charge in [-0.1, -0.05) is 103 Å². The molecule has 2 N–H and O–H groups in total. The zero-order valence-electron chi connectivity index (χ0n) is 17.4. The number of phosphoric ester groups is 1. The third-order valence-corrected chi connectivity index (χ3v) is 5.64. The largest absolute Gasteiger partial charge is 0.470 e. The molecule has 0 aliphatic carbocycles. The molecule has 0 radical (unpaired) electrons. The van der Waals surface area contributed by atoms with Gasteiger partial charge in [0.05, 0.1) is 5.60 Å². The number of hydrogen-bond donors (Lipinski definition) is 2. The van der Waals surface area contributed by atoms with Gasteiger partial charge in [0, 0.05) is 0 Å². The smallest absolute Gasteiger partial charge is 0.303 e. The Morgan fingerprint density at radius 3 is 1.62 bits per heavy atom. The van der Waals surface area contributed by atoms with E-state index in [4.69, 9.17) is 4.52 Å². The van der Waals surface area contributed by atoms with E-state index in [9.17, 15) is 14.4 Å². The number of hydrogen-bond acceptors (Lipinski definition) is 2. The van der Waals surface area contributed by atoms with Crippen LogP contribution in [0, 0.1) is 0 Å². The predicted octanol–water partition coefficient (Wildman–Crippen LogP) is 7.30. The maximum atomic E-state index is 11.6. The van der Waals surface area contributed by atoms with Gasteiger partial charge in [0.1, 0.15) is 0 Å². The topological polar surface area (TPSA) is 66.8 Å². The van der Waals surface area contributed by atoms with Crippen molar-refractivity contribution in [1.82, 2.24) is 0 Å². The van der Waals surface area contributed by atoms with E-state index in [0.717, 1.165) is 38.5 Å². The Balaban J connectivity index is 4.68. The highest BCUT2D eigenvalue weighted by molar-refractivity contribution is 7.46. The fourth-order valence-electron chi connectivity index (χ4n) is 3.50. The summed E-state index contributed by atoms with van der Waals surface area (Å²) >= 11 is 0.